The van der Waals surface area contributed by atoms with Crippen LogP contribution in [-0.4, -0.2) is 5.78 Å². The normalized spacial score (nSPS) is 10.5. The molecule has 17 heavy (non-hydrogen) atoms. The topological polar surface area (TPSA) is 30.2 Å². The molecule has 1 heterocycles. The van der Waals surface area contributed by atoms with Gasteiger partial charge >= 0.3 is 0 Å². The zero-order valence-corrected chi connectivity index (χ0v) is 8.54. The molecule has 0 radical (unpaired) electrons. The highest BCUT2D eigenvalue weighted by molar-refractivity contribution is 5.97. The molecule has 0 unspecified atom stereocenters. The molecule has 0 fully saturated rings. The number of carbonyl (C=O) groups excluding carboxylic acids is 1. The molecule has 0 aliphatic carbocycles. The Balaban J connectivity index is 2.31. The Hall–Kier alpha value is -2.04. The minimum Gasteiger partial charge on any atom is -0.469 e. The third-order valence-corrected chi connectivity index (χ3v) is 2.20. The van der Waals surface area contributed by atoms with Crippen molar-refractivity contribution in [3.63, 3.8) is 0 Å². The molecule has 0 aliphatic rings. The van der Waals surface area contributed by atoms with Crippen molar-refractivity contribution < 1.29 is 22.4 Å². The summed E-state index contributed by atoms with van der Waals surface area (Å²) >= 11 is 0. The van der Waals surface area contributed by atoms with Gasteiger partial charge in [-0.15, -0.1) is 0 Å². The van der Waals surface area contributed by atoms with Crippen LogP contribution in [0.5, 0.6) is 0 Å². The number of hydrogen-bond donors (Lipinski definition) is 0. The lowest BCUT2D eigenvalue weighted by atomic mass is 10.1. The molecule has 0 saturated heterocycles. The molecule has 0 atom stereocenters. The van der Waals surface area contributed by atoms with Crippen LogP contribution >= 0.6 is 0 Å². The van der Waals surface area contributed by atoms with Gasteiger partial charge in [0.05, 0.1) is 18.2 Å². The van der Waals surface area contributed by atoms with Crippen molar-refractivity contribution in [1.82, 2.24) is 0 Å². The first-order chi connectivity index (χ1) is 8.08. The third-order valence-electron chi connectivity index (χ3n) is 2.20. The Labute approximate surface area is 94.7 Å². The van der Waals surface area contributed by atoms with E-state index in [9.17, 15) is 18.0 Å². The molecule has 2 aromatic rings. The number of furan rings is 1. The Morgan fingerprint density at radius 1 is 1.18 bits per heavy atom. The molecule has 1 aromatic carbocycles. The van der Waals surface area contributed by atoms with E-state index in [1.807, 2.05) is 0 Å². The van der Waals surface area contributed by atoms with Crippen LogP contribution < -0.4 is 0 Å². The van der Waals surface area contributed by atoms with Gasteiger partial charge in [-0.25, -0.2) is 13.2 Å². The molecule has 0 bridgehead atoms. The number of rotatable bonds is 3. The molecular weight excluding hydrogens is 233 g/mol. The van der Waals surface area contributed by atoms with Gasteiger partial charge in [0.1, 0.15) is 23.2 Å². The summed E-state index contributed by atoms with van der Waals surface area (Å²) in [4.78, 5) is 11.6. The Morgan fingerprint density at radius 2 is 1.82 bits per heavy atom. The van der Waals surface area contributed by atoms with E-state index in [2.05, 4.69) is 0 Å². The quantitative estimate of drug-likeness (QED) is 0.771. The van der Waals surface area contributed by atoms with Crippen molar-refractivity contribution in [3.8, 4) is 0 Å². The lowest BCUT2D eigenvalue weighted by Crippen LogP contribution is -2.09. The number of carbonyl (C=O) groups is 1. The number of benzene rings is 1. The summed E-state index contributed by atoms with van der Waals surface area (Å²) in [5.74, 6) is -3.99. The van der Waals surface area contributed by atoms with Crippen molar-refractivity contribution in [2.75, 3.05) is 0 Å². The largest absolute Gasteiger partial charge is 0.469 e. The lowest BCUT2D eigenvalue weighted by Gasteiger charge is -2.03. The Bertz CT molecular complexity index is 524. The monoisotopic (exact) mass is 240 g/mol. The van der Waals surface area contributed by atoms with E-state index < -0.39 is 28.8 Å². The molecule has 0 spiro atoms. The van der Waals surface area contributed by atoms with Crippen LogP contribution in [0.15, 0.2) is 34.9 Å². The zero-order valence-electron chi connectivity index (χ0n) is 8.54. The van der Waals surface area contributed by atoms with Crippen LogP contribution in [0.3, 0.4) is 0 Å². The fraction of sp³-hybridized carbons (Fsp3) is 0.0833. The number of Topliss-reactive ketones (excluding diaryl/α,β-unsaturated/α-hetero) is 1. The summed E-state index contributed by atoms with van der Waals surface area (Å²) in [6.45, 7) is 0. The third kappa shape index (κ3) is 2.38. The summed E-state index contributed by atoms with van der Waals surface area (Å²) in [5, 5.41) is 0. The van der Waals surface area contributed by atoms with Gasteiger partial charge in [-0.3, -0.25) is 4.79 Å². The highest BCUT2D eigenvalue weighted by Crippen LogP contribution is 2.17. The second-order valence-electron chi connectivity index (χ2n) is 3.42. The first-order valence-corrected chi connectivity index (χ1v) is 4.78. The standard InChI is InChI=1S/C12H7F3O2/c13-7-4-9(14)12(10(15)5-7)11(16)6-8-2-1-3-17-8/h1-5H,6H2. The maximum atomic E-state index is 13.3. The van der Waals surface area contributed by atoms with E-state index >= 15 is 0 Å². The minimum absolute atomic E-state index is 0.271. The SMILES string of the molecule is O=C(Cc1ccco1)c1c(F)cc(F)cc1F. The maximum Gasteiger partial charge on any atom is 0.176 e. The molecule has 0 amide bonds. The molecule has 0 N–H and O–H groups in total. The highest BCUT2D eigenvalue weighted by atomic mass is 19.1. The van der Waals surface area contributed by atoms with Crippen LogP contribution in [-0.2, 0) is 6.42 Å². The summed E-state index contributed by atoms with van der Waals surface area (Å²) in [6, 6.07) is 4.01. The average molecular weight is 240 g/mol. The van der Waals surface area contributed by atoms with Gasteiger partial charge in [0.15, 0.2) is 5.78 Å². The molecule has 0 saturated carbocycles. The van der Waals surface area contributed by atoms with Gasteiger partial charge in [-0.05, 0) is 12.1 Å². The summed E-state index contributed by atoms with van der Waals surface area (Å²) < 4.78 is 44.0. The fourth-order valence-electron chi connectivity index (χ4n) is 1.47. The van der Waals surface area contributed by atoms with Gasteiger partial charge in [0, 0.05) is 12.1 Å². The molecule has 2 nitrogen and oxygen atoms in total. The molecular formula is C12H7F3O2. The highest BCUT2D eigenvalue weighted by Gasteiger charge is 2.19. The van der Waals surface area contributed by atoms with Crippen molar-refractivity contribution >= 4 is 5.78 Å². The van der Waals surface area contributed by atoms with Crippen LogP contribution in [0, 0.1) is 17.5 Å². The van der Waals surface area contributed by atoms with E-state index in [-0.39, 0.29) is 12.2 Å². The predicted octanol–water partition coefficient (Wildman–Crippen LogP) is 3.12. The van der Waals surface area contributed by atoms with Crippen molar-refractivity contribution in [1.29, 1.82) is 0 Å². The van der Waals surface area contributed by atoms with E-state index in [0.29, 0.717) is 12.1 Å². The first-order valence-electron chi connectivity index (χ1n) is 4.78. The van der Waals surface area contributed by atoms with E-state index in [0.717, 1.165) is 0 Å². The van der Waals surface area contributed by atoms with Gasteiger partial charge in [0.25, 0.3) is 0 Å². The number of halogens is 3. The molecule has 1 aromatic heterocycles. The summed E-state index contributed by atoms with van der Waals surface area (Å²) in [5.41, 5.74) is -0.747. The van der Waals surface area contributed by atoms with Crippen molar-refractivity contribution in [3.05, 3.63) is 59.3 Å². The molecule has 0 aliphatic heterocycles. The number of hydrogen-bond acceptors (Lipinski definition) is 2. The van der Waals surface area contributed by atoms with Crippen LogP contribution in [0.2, 0.25) is 0 Å². The molecule has 5 heteroatoms. The van der Waals surface area contributed by atoms with Gasteiger partial charge in [0.2, 0.25) is 0 Å². The zero-order chi connectivity index (χ0) is 12.4. The first kappa shape index (κ1) is 11.4. The lowest BCUT2D eigenvalue weighted by molar-refractivity contribution is 0.0978. The minimum atomic E-state index is -1.21. The number of ketones is 1. The van der Waals surface area contributed by atoms with Crippen molar-refractivity contribution in [2.24, 2.45) is 0 Å². The van der Waals surface area contributed by atoms with Crippen LogP contribution in [0.1, 0.15) is 16.1 Å². The summed E-state index contributed by atoms with van der Waals surface area (Å²) in [6.07, 6.45) is 1.08. The van der Waals surface area contributed by atoms with E-state index in [1.54, 1.807) is 6.07 Å². The van der Waals surface area contributed by atoms with E-state index in [1.165, 1.54) is 12.3 Å². The van der Waals surface area contributed by atoms with Crippen LogP contribution in [0.25, 0.3) is 0 Å². The smallest absolute Gasteiger partial charge is 0.176 e. The van der Waals surface area contributed by atoms with Gasteiger partial charge in [-0.2, -0.15) is 0 Å². The Kier molecular flexibility index (Phi) is 2.99. The maximum absolute atomic E-state index is 13.3. The average Bonchev–Trinajstić information content (AvgIpc) is 2.68. The van der Waals surface area contributed by atoms with Crippen LogP contribution in [0.4, 0.5) is 13.2 Å². The molecule has 88 valence electrons. The predicted molar refractivity (Wildman–Crippen MR) is 53.1 cm³/mol. The van der Waals surface area contributed by atoms with Gasteiger partial charge < -0.3 is 4.42 Å². The second-order valence-corrected chi connectivity index (χ2v) is 3.42. The van der Waals surface area contributed by atoms with E-state index in [4.69, 9.17) is 4.42 Å². The Morgan fingerprint density at radius 3 is 2.35 bits per heavy atom. The summed E-state index contributed by atoms with van der Waals surface area (Å²) in [7, 11) is 0. The fourth-order valence-corrected chi connectivity index (χ4v) is 1.47. The van der Waals surface area contributed by atoms with Gasteiger partial charge in [-0.1, -0.05) is 0 Å². The second kappa shape index (κ2) is 4.45. The van der Waals surface area contributed by atoms with Crippen molar-refractivity contribution in [2.45, 2.75) is 6.42 Å². The molecule has 2 rings (SSSR count).